The zero-order chi connectivity index (χ0) is 19.3. The van der Waals surface area contributed by atoms with Gasteiger partial charge in [0.2, 0.25) is 15.9 Å². The molecule has 27 heavy (non-hydrogen) atoms. The molecule has 6 nitrogen and oxygen atoms in total. The van der Waals surface area contributed by atoms with Crippen LogP contribution in [0, 0.1) is 11.3 Å². The van der Waals surface area contributed by atoms with Crippen LogP contribution in [-0.4, -0.2) is 37.3 Å². The minimum absolute atomic E-state index is 0.146. The van der Waals surface area contributed by atoms with Crippen LogP contribution >= 0.6 is 0 Å². The molecule has 1 aromatic carbocycles. The van der Waals surface area contributed by atoms with E-state index in [-0.39, 0.29) is 17.2 Å². The minimum atomic E-state index is -3.45. The van der Waals surface area contributed by atoms with Gasteiger partial charge in [0.15, 0.2) is 0 Å². The predicted molar refractivity (Wildman–Crippen MR) is 102 cm³/mol. The van der Waals surface area contributed by atoms with Gasteiger partial charge < -0.3 is 5.32 Å². The zero-order valence-corrected chi connectivity index (χ0v) is 16.4. The van der Waals surface area contributed by atoms with E-state index in [4.69, 9.17) is 0 Å². The molecule has 3 rings (SSSR count). The fourth-order valence-electron chi connectivity index (χ4n) is 3.95. The summed E-state index contributed by atoms with van der Waals surface area (Å²) < 4.78 is 26.9. The summed E-state index contributed by atoms with van der Waals surface area (Å²) in [5, 5.41) is 12.4. The van der Waals surface area contributed by atoms with Gasteiger partial charge in [-0.15, -0.1) is 0 Å². The van der Waals surface area contributed by atoms with E-state index < -0.39 is 15.6 Å². The highest BCUT2D eigenvalue weighted by Gasteiger charge is 2.33. The monoisotopic (exact) mass is 389 g/mol. The van der Waals surface area contributed by atoms with E-state index in [1.807, 2.05) is 0 Å². The van der Waals surface area contributed by atoms with Gasteiger partial charge >= 0.3 is 0 Å². The Hall–Kier alpha value is -1.91. The number of hydrogen-bond donors (Lipinski definition) is 1. The van der Waals surface area contributed by atoms with Crippen LogP contribution in [0.15, 0.2) is 29.2 Å². The first-order valence-corrected chi connectivity index (χ1v) is 11.2. The van der Waals surface area contributed by atoms with E-state index in [0.717, 1.165) is 44.1 Å². The van der Waals surface area contributed by atoms with Crippen molar-refractivity contribution in [3.05, 3.63) is 29.8 Å². The van der Waals surface area contributed by atoms with E-state index >= 15 is 0 Å². The summed E-state index contributed by atoms with van der Waals surface area (Å²) in [6.45, 7) is 1.14. The van der Waals surface area contributed by atoms with Crippen molar-refractivity contribution in [1.29, 1.82) is 5.26 Å². The Morgan fingerprint density at radius 3 is 2.22 bits per heavy atom. The molecular formula is C20H27N3O3S. The van der Waals surface area contributed by atoms with Crippen molar-refractivity contribution in [1.82, 2.24) is 9.62 Å². The quantitative estimate of drug-likeness (QED) is 0.838. The molecule has 1 saturated carbocycles. The Morgan fingerprint density at radius 1 is 1.04 bits per heavy atom. The number of hydrogen-bond acceptors (Lipinski definition) is 4. The number of rotatable bonds is 5. The number of benzene rings is 1. The van der Waals surface area contributed by atoms with Crippen LogP contribution in [0.5, 0.6) is 0 Å². The standard InChI is InChI=1S/C20H27N3O3S/c21-16-20(11-3-1-4-12-20)22-19(24)15-17-7-9-18(10-8-17)27(25,26)23-13-5-2-6-14-23/h7-10H,1-6,11-15H2,(H,22,24). The van der Waals surface area contributed by atoms with Gasteiger partial charge in [0.1, 0.15) is 5.54 Å². The molecule has 1 aliphatic carbocycles. The smallest absolute Gasteiger partial charge is 0.243 e. The normalized spacial score (nSPS) is 20.6. The molecule has 7 heteroatoms. The highest BCUT2D eigenvalue weighted by Crippen LogP contribution is 2.27. The molecule has 146 valence electrons. The van der Waals surface area contributed by atoms with Crippen molar-refractivity contribution in [2.24, 2.45) is 0 Å². The second kappa shape index (κ2) is 8.41. The molecule has 0 radical (unpaired) electrons. The lowest BCUT2D eigenvalue weighted by Gasteiger charge is -2.31. The summed E-state index contributed by atoms with van der Waals surface area (Å²) in [4.78, 5) is 12.7. The lowest BCUT2D eigenvalue weighted by molar-refractivity contribution is -0.122. The third-order valence-electron chi connectivity index (χ3n) is 5.54. The Morgan fingerprint density at radius 2 is 1.63 bits per heavy atom. The molecule has 0 atom stereocenters. The van der Waals surface area contributed by atoms with Gasteiger partial charge in [-0.25, -0.2) is 8.42 Å². The zero-order valence-electron chi connectivity index (χ0n) is 15.6. The van der Waals surface area contributed by atoms with Crippen LogP contribution in [0.25, 0.3) is 0 Å². The molecule has 0 unspecified atom stereocenters. The Labute approximate surface area is 161 Å². The SMILES string of the molecule is N#CC1(NC(=O)Cc2ccc(S(=O)(=O)N3CCCCC3)cc2)CCCCC1. The summed E-state index contributed by atoms with van der Waals surface area (Å²) in [6, 6.07) is 8.82. The number of nitrogens with zero attached hydrogens (tertiary/aromatic N) is 2. The minimum Gasteiger partial charge on any atom is -0.338 e. The third kappa shape index (κ3) is 4.69. The first-order valence-electron chi connectivity index (χ1n) is 9.77. The van der Waals surface area contributed by atoms with Crippen LogP contribution < -0.4 is 5.32 Å². The molecule has 2 aliphatic rings. The predicted octanol–water partition coefficient (Wildman–Crippen LogP) is 2.75. The molecule has 1 N–H and O–H groups in total. The maximum atomic E-state index is 12.7. The number of nitrogens with one attached hydrogen (secondary N) is 1. The van der Waals surface area contributed by atoms with E-state index in [0.29, 0.717) is 25.9 Å². The maximum Gasteiger partial charge on any atom is 0.243 e. The number of sulfonamides is 1. The summed E-state index contributed by atoms with van der Waals surface area (Å²) in [5.41, 5.74) is 0.00126. The van der Waals surface area contributed by atoms with Gasteiger partial charge in [-0.1, -0.05) is 37.8 Å². The largest absolute Gasteiger partial charge is 0.338 e. The fraction of sp³-hybridized carbons (Fsp3) is 0.600. The molecule has 1 amide bonds. The van der Waals surface area contributed by atoms with Crippen LogP contribution in [0.1, 0.15) is 56.9 Å². The lowest BCUT2D eigenvalue weighted by Crippen LogP contribution is -2.49. The van der Waals surface area contributed by atoms with E-state index in [1.54, 1.807) is 24.3 Å². The van der Waals surface area contributed by atoms with Crippen molar-refractivity contribution in [3.8, 4) is 6.07 Å². The maximum absolute atomic E-state index is 12.7. The van der Waals surface area contributed by atoms with Crippen molar-refractivity contribution in [2.45, 2.75) is 68.2 Å². The highest BCUT2D eigenvalue weighted by atomic mass is 32.2. The molecule has 0 bridgehead atoms. The van der Waals surface area contributed by atoms with Gasteiger partial charge in [0.05, 0.1) is 17.4 Å². The Kier molecular flexibility index (Phi) is 6.18. The Bertz CT molecular complexity index is 800. The number of carbonyl (C=O) groups is 1. The molecular weight excluding hydrogens is 362 g/mol. The average molecular weight is 390 g/mol. The molecule has 1 aromatic rings. The number of piperidine rings is 1. The van der Waals surface area contributed by atoms with Gasteiger partial charge in [-0.2, -0.15) is 9.57 Å². The molecule has 0 aromatic heterocycles. The van der Waals surface area contributed by atoms with Gasteiger partial charge in [0, 0.05) is 13.1 Å². The summed E-state index contributed by atoms with van der Waals surface area (Å²) in [6.07, 6.45) is 7.43. The first-order chi connectivity index (χ1) is 13.0. The molecule has 1 heterocycles. The van der Waals surface area contributed by atoms with E-state index in [9.17, 15) is 18.5 Å². The van der Waals surface area contributed by atoms with Crippen LogP contribution in [-0.2, 0) is 21.2 Å². The van der Waals surface area contributed by atoms with Crippen molar-refractivity contribution in [3.63, 3.8) is 0 Å². The van der Waals surface area contributed by atoms with Gasteiger partial charge in [-0.05, 0) is 43.4 Å². The first kappa shape index (κ1) is 19.8. The number of amides is 1. The topological polar surface area (TPSA) is 90.3 Å². The second-order valence-electron chi connectivity index (χ2n) is 7.59. The van der Waals surface area contributed by atoms with Crippen molar-refractivity contribution >= 4 is 15.9 Å². The van der Waals surface area contributed by atoms with Crippen molar-refractivity contribution < 1.29 is 13.2 Å². The summed E-state index contributed by atoms with van der Waals surface area (Å²) in [5.74, 6) is -0.190. The molecule has 0 spiro atoms. The molecule has 2 fully saturated rings. The number of carbonyl (C=O) groups excluding carboxylic acids is 1. The van der Waals surface area contributed by atoms with Crippen LogP contribution in [0.4, 0.5) is 0 Å². The van der Waals surface area contributed by atoms with Crippen LogP contribution in [0.3, 0.4) is 0 Å². The van der Waals surface area contributed by atoms with Crippen LogP contribution in [0.2, 0.25) is 0 Å². The fourth-order valence-corrected chi connectivity index (χ4v) is 5.47. The van der Waals surface area contributed by atoms with Gasteiger partial charge in [-0.3, -0.25) is 4.79 Å². The lowest BCUT2D eigenvalue weighted by atomic mass is 9.82. The molecule has 1 aliphatic heterocycles. The second-order valence-corrected chi connectivity index (χ2v) is 9.53. The average Bonchev–Trinajstić information content (AvgIpc) is 2.69. The summed E-state index contributed by atoms with van der Waals surface area (Å²) >= 11 is 0. The van der Waals surface area contributed by atoms with E-state index in [2.05, 4.69) is 11.4 Å². The summed E-state index contributed by atoms with van der Waals surface area (Å²) in [7, 11) is -3.45. The Balaban J connectivity index is 1.63. The molecule has 1 saturated heterocycles. The third-order valence-corrected chi connectivity index (χ3v) is 7.45. The van der Waals surface area contributed by atoms with Gasteiger partial charge in [0.25, 0.3) is 0 Å². The highest BCUT2D eigenvalue weighted by molar-refractivity contribution is 7.89. The van der Waals surface area contributed by atoms with E-state index in [1.165, 1.54) is 4.31 Å². The van der Waals surface area contributed by atoms with Crippen molar-refractivity contribution in [2.75, 3.05) is 13.1 Å². The number of nitriles is 1.